The van der Waals surface area contributed by atoms with Crippen molar-refractivity contribution in [2.24, 2.45) is 0 Å². The third kappa shape index (κ3) is 2.96. The first-order valence-corrected chi connectivity index (χ1v) is 6.82. The molecule has 3 heterocycles. The zero-order chi connectivity index (χ0) is 14.7. The molecule has 0 radical (unpaired) electrons. The van der Waals surface area contributed by atoms with Gasteiger partial charge >= 0.3 is 0 Å². The molecule has 0 aromatic carbocycles. The van der Waals surface area contributed by atoms with E-state index in [1.165, 1.54) is 6.07 Å². The largest absolute Gasteiger partial charge is 0.481 e. The number of rotatable bonds is 3. The summed E-state index contributed by atoms with van der Waals surface area (Å²) in [5, 5.41) is 0. The Hall–Kier alpha value is -2.57. The number of hydrogen-bond donors (Lipinski definition) is 1. The van der Waals surface area contributed by atoms with Crippen LogP contribution in [0.2, 0.25) is 0 Å². The molecule has 1 aliphatic heterocycles. The molecule has 2 aromatic rings. The molecule has 1 N–H and O–H groups in total. The Morgan fingerprint density at radius 1 is 1.14 bits per heavy atom. The van der Waals surface area contributed by atoms with Gasteiger partial charge in [-0.25, -0.2) is 4.98 Å². The first-order chi connectivity index (χ1) is 10.3. The van der Waals surface area contributed by atoms with Crippen LogP contribution >= 0.6 is 0 Å². The van der Waals surface area contributed by atoms with Gasteiger partial charge in [-0.1, -0.05) is 6.07 Å². The Balaban J connectivity index is 1.68. The fourth-order valence-corrected chi connectivity index (χ4v) is 2.37. The summed E-state index contributed by atoms with van der Waals surface area (Å²) in [6.45, 7) is 3.20. The van der Waals surface area contributed by atoms with Gasteiger partial charge in [-0.05, 0) is 6.07 Å². The fraction of sp³-hybridized carbons (Fsp3) is 0.357. The van der Waals surface area contributed by atoms with Gasteiger partial charge < -0.3 is 19.5 Å². The molecular weight excluding hydrogens is 270 g/mol. The number of piperazine rings is 1. The molecule has 110 valence electrons. The molecule has 0 spiro atoms. The van der Waals surface area contributed by atoms with Crippen LogP contribution in [0.5, 0.6) is 5.88 Å². The fourth-order valence-electron chi connectivity index (χ4n) is 2.37. The molecule has 0 amide bonds. The number of anilines is 2. The standard InChI is InChI=1S/C14H17N5O2/c1-21-13-5-6-15-14(17-13)19-9-7-18(8-10-19)11-3-2-4-12(20)16-11/h2-6H,7-10H2,1H3,(H,16,20). The monoisotopic (exact) mass is 287 g/mol. The summed E-state index contributed by atoms with van der Waals surface area (Å²) in [5.41, 5.74) is -0.0777. The van der Waals surface area contributed by atoms with Crippen molar-refractivity contribution >= 4 is 11.8 Å². The van der Waals surface area contributed by atoms with Gasteiger partial charge in [0.1, 0.15) is 5.82 Å². The number of nitrogens with zero attached hydrogens (tertiary/aromatic N) is 4. The molecule has 1 saturated heterocycles. The van der Waals surface area contributed by atoms with Crippen LogP contribution in [0, 0.1) is 0 Å². The lowest BCUT2D eigenvalue weighted by molar-refractivity contribution is 0.396. The number of nitrogens with one attached hydrogen (secondary N) is 1. The van der Waals surface area contributed by atoms with Crippen molar-refractivity contribution in [2.45, 2.75) is 0 Å². The number of hydrogen-bond acceptors (Lipinski definition) is 6. The Labute approximate surface area is 122 Å². The highest BCUT2D eigenvalue weighted by molar-refractivity contribution is 5.42. The van der Waals surface area contributed by atoms with Crippen LogP contribution in [0.25, 0.3) is 0 Å². The van der Waals surface area contributed by atoms with Gasteiger partial charge in [-0.15, -0.1) is 0 Å². The summed E-state index contributed by atoms with van der Waals surface area (Å²) in [7, 11) is 1.59. The molecule has 1 fully saturated rings. The average Bonchev–Trinajstić information content (AvgIpc) is 2.55. The maximum Gasteiger partial charge on any atom is 0.249 e. The normalized spacial score (nSPS) is 15.1. The van der Waals surface area contributed by atoms with E-state index in [0.717, 1.165) is 32.0 Å². The lowest BCUT2D eigenvalue weighted by Crippen LogP contribution is -2.47. The minimum Gasteiger partial charge on any atom is -0.481 e. The molecular formula is C14H17N5O2. The first kappa shape index (κ1) is 13.4. The highest BCUT2D eigenvalue weighted by Gasteiger charge is 2.19. The second-order valence-electron chi connectivity index (χ2n) is 4.77. The van der Waals surface area contributed by atoms with E-state index in [-0.39, 0.29) is 5.56 Å². The van der Waals surface area contributed by atoms with Gasteiger partial charge in [0.05, 0.1) is 7.11 Å². The Morgan fingerprint density at radius 2 is 1.90 bits per heavy atom. The topological polar surface area (TPSA) is 74.3 Å². The molecule has 0 unspecified atom stereocenters. The van der Waals surface area contributed by atoms with E-state index in [0.29, 0.717) is 11.8 Å². The van der Waals surface area contributed by atoms with Crippen LogP contribution in [0.15, 0.2) is 35.3 Å². The SMILES string of the molecule is COc1ccnc(N2CCN(c3cccc(=O)[nH]3)CC2)n1. The van der Waals surface area contributed by atoms with Crippen LogP contribution in [0.3, 0.4) is 0 Å². The molecule has 21 heavy (non-hydrogen) atoms. The van der Waals surface area contributed by atoms with Crippen molar-refractivity contribution in [3.05, 3.63) is 40.8 Å². The van der Waals surface area contributed by atoms with E-state index in [2.05, 4.69) is 24.8 Å². The maximum absolute atomic E-state index is 11.4. The second kappa shape index (κ2) is 5.82. The third-order valence-corrected chi connectivity index (χ3v) is 3.48. The van der Waals surface area contributed by atoms with Crippen LogP contribution < -0.4 is 20.1 Å². The minimum absolute atomic E-state index is 0.0777. The lowest BCUT2D eigenvalue weighted by Gasteiger charge is -2.35. The number of H-pyrrole nitrogens is 1. The molecule has 1 aliphatic rings. The Bertz CT molecular complexity index is 664. The summed E-state index contributed by atoms with van der Waals surface area (Å²) in [6, 6.07) is 6.93. The smallest absolute Gasteiger partial charge is 0.249 e. The number of methoxy groups -OCH3 is 1. The zero-order valence-corrected chi connectivity index (χ0v) is 11.8. The van der Waals surface area contributed by atoms with Crippen molar-refractivity contribution in [1.82, 2.24) is 15.0 Å². The highest BCUT2D eigenvalue weighted by atomic mass is 16.5. The molecule has 3 rings (SSSR count). The van der Waals surface area contributed by atoms with Gasteiger partial charge in [0.2, 0.25) is 17.4 Å². The molecule has 0 bridgehead atoms. The number of aromatic nitrogens is 3. The van der Waals surface area contributed by atoms with E-state index < -0.39 is 0 Å². The average molecular weight is 287 g/mol. The highest BCUT2D eigenvalue weighted by Crippen LogP contribution is 2.16. The third-order valence-electron chi connectivity index (χ3n) is 3.48. The maximum atomic E-state index is 11.4. The molecule has 2 aromatic heterocycles. The van der Waals surface area contributed by atoms with Gasteiger partial charge in [0.15, 0.2) is 0 Å². The van der Waals surface area contributed by atoms with Crippen molar-refractivity contribution in [3.63, 3.8) is 0 Å². The van der Waals surface area contributed by atoms with Crippen molar-refractivity contribution in [1.29, 1.82) is 0 Å². The van der Waals surface area contributed by atoms with E-state index in [1.807, 2.05) is 6.07 Å². The van der Waals surface area contributed by atoms with Crippen LogP contribution in [0.4, 0.5) is 11.8 Å². The Morgan fingerprint density at radius 3 is 2.62 bits per heavy atom. The summed E-state index contributed by atoms with van der Waals surface area (Å²) in [5.74, 6) is 2.10. The summed E-state index contributed by atoms with van der Waals surface area (Å²) in [4.78, 5) is 27.1. The summed E-state index contributed by atoms with van der Waals surface area (Å²) in [6.07, 6.45) is 1.70. The first-order valence-electron chi connectivity index (χ1n) is 6.82. The van der Waals surface area contributed by atoms with Crippen molar-refractivity contribution in [3.8, 4) is 5.88 Å². The van der Waals surface area contributed by atoms with Crippen LogP contribution in [0.1, 0.15) is 0 Å². The predicted octanol–water partition coefficient (Wildman–Crippen LogP) is 0.500. The molecule has 0 aliphatic carbocycles. The molecule has 7 heteroatoms. The number of aromatic amines is 1. The van der Waals surface area contributed by atoms with Crippen molar-refractivity contribution < 1.29 is 4.74 Å². The second-order valence-corrected chi connectivity index (χ2v) is 4.77. The summed E-state index contributed by atoms with van der Waals surface area (Å²) >= 11 is 0. The lowest BCUT2D eigenvalue weighted by atomic mass is 10.3. The Kier molecular flexibility index (Phi) is 3.72. The van der Waals surface area contributed by atoms with Gasteiger partial charge in [-0.2, -0.15) is 4.98 Å². The quantitative estimate of drug-likeness (QED) is 0.886. The van der Waals surface area contributed by atoms with Gasteiger partial charge in [0, 0.05) is 44.5 Å². The summed E-state index contributed by atoms with van der Waals surface area (Å²) < 4.78 is 5.12. The molecule has 7 nitrogen and oxygen atoms in total. The van der Waals surface area contributed by atoms with E-state index in [4.69, 9.17) is 4.74 Å². The van der Waals surface area contributed by atoms with Crippen LogP contribution in [-0.4, -0.2) is 48.2 Å². The van der Waals surface area contributed by atoms with E-state index in [1.54, 1.807) is 25.4 Å². The van der Waals surface area contributed by atoms with Gasteiger partial charge in [-0.3, -0.25) is 4.79 Å². The number of pyridine rings is 1. The number of ether oxygens (including phenoxy) is 1. The molecule has 0 saturated carbocycles. The molecule has 0 atom stereocenters. The van der Waals surface area contributed by atoms with E-state index >= 15 is 0 Å². The van der Waals surface area contributed by atoms with E-state index in [9.17, 15) is 4.79 Å². The van der Waals surface area contributed by atoms with Crippen LogP contribution in [-0.2, 0) is 0 Å². The zero-order valence-electron chi connectivity index (χ0n) is 11.8. The minimum atomic E-state index is -0.0777. The van der Waals surface area contributed by atoms with Gasteiger partial charge in [0.25, 0.3) is 0 Å². The van der Waals surface area contributed by atoms with Crippen molar-refractivity contribution in [2.75, 3.05) is 43.1 Å². The predicted molar refractivity (Wildman–Crippen MR) is 80.1 cm³/mol.